The predicted molar refractivity (Wildman–Crippen MR) is 89.7 cm³/mol. The van der Waals surface area contributed by atoms with E-state index in [0.717, 1.165) is 0 Å². The summed E-state index contributed by atoms with van der Waals surface area (Å²) in [7, 11) is -3.56. The summed E-state index contributed by atoms with van der Waals surface area (Å²) in [6.07, 6.45) is 0.714. The number of carboxylic acid groups (broad SMARTS) is 1. The van der Waals surface area contributed by atoms with E-state index in [-0.39, 0.29) is 29.8 Å². The van der Waals surface area contributed by atoms with E-state index < -0.39 is 28.0 Å². The van der Waals surface area contributed by atoms with Crippen LogP contribution in [0.4, 0.5) is 0 Å². The van der Waals surface area contributed by atoms with Gasteiger partial charge in [-0.3, -0.25) is 4.79 Å². The van der Waals surface area contributed by atoms with Crippen LogP contribution >= 0.6 is 0 Å². The van der Waals surface area contributed by atoms with Crippen molar-refractivity contribution in [2.24, 2.45) is 11.8 Å². The van der Waals surface area contributed by atoms with Crippen LogP contribution in [0.25, 0.3) is 0 Å². The smallest absolute Gasteiger partial charge is 0.243 e. The van der Waals surface area contributed by atoms with Crippen LogP contribution in [-0.4, -0.2) is 43.7 Å². The molecule has 1 atom stereocenters. The number of piperidine rings is 1. The van der Waals surface area contributed by atoms with Crippen molar-refractivity contribution in [1.29, 1.82) is 0 Å². The van der Waals surface area contributed by atoms with Crippen molar-refractivity contribution in [3.63, 3.8) is 0 Å². The number of carboxylic acids is 1. The van der Waals surface area contributed by atoms with Crippen LogP contribution in [0.3, 0.4) is 0 Å². The molecule has 1 aliphatic heterocycles. The molecule has 1 fully saturated rings. The molecule has 138 valence electrons. The Bertz CT molecular complexity index is 710. The fourth-order valence-corrected chi connectivity index (χ4v) is 4.36. The summed E-state index contributed by atoms with van der Waals surface area (Å²) < 4.78 is 26.5. The summed E-state index contributed by atoms with van der Waals surface area (Å²) in [4.78, 5) is 23.6. The molecule has 8 heteroatoms. The lowest BCUT2D eigenvalue weighted by Crippen LogP contribution is -2.53. The lowest BCUT2D eigenvalue weighted by Gasteiger charge is -2.32. The summed E-state index contributed by atoms with van der Waals surface area (Å²) in [6.45, 7) is 3.84. The number of carbonyl (C=O) groups excluding carboxylic acids is 2. The fourth-order valence-electron chi connectivity index (χ4n) is 2.87. The Hall–Kier alpha value is -1.93. The van der Waals surface area contributed by atoms with Gasteiger partial charge in [0.1, 0.15) is 0 Å². The Morgan fingerprint density at radius 3 is 2.20 bits per heavy atom. The fraction of sp³-hybridized carbons (Fsp3) is 0.529. The van der Waals surface area contributed by atoms with E-state index >= 15 is 0 Å². The van der Waals surface area contributed by atoms with Crippen LogP contribution in [0.5, 0.6) is 0 Å². The maximum absolute atomic E-state index is 12.6. The molecule has 1 aromatic carbocycles. The van der Waals surface area contributed by atoms with Gasteiger partial charge in [0.25, 0.3) is 0 Å². The molecule has 1 aromatic rings. The second-order valence-corrected chi connectivity index (χ2v) is 8.48. The van der Waals surface area contributed by atoms with E-state index in [1.807, 2.05) is 0 Å². The van der Waals surface area contributed by atoms with Crippen molar-refractivity contribution in [2.45, 2.75) is 37.6 Å². The number of amides is 1. The molecule has 0 radical (unpaired) electrons. The molecule has 1 saturated heterocycles. The molecular weight excluding hydrogens is 344 g/mol. The third kappa shape index (κ3) is 4.58. The van der Waals surface area contributed by atoms with Crippen molar-refractivity contribution in [1.82, 2.24) is 9.62 Å². The average Bonchev–Trinajstić information content (AvgIpc) is 2.59. The van der Waals surface area contributed by atoms with Crippen LogP contribution < -0.4 is 10.4 Å². The number of nitrogens with zero attached hydrogens (tertiary/aromatic N) is 1. The molecule has 0 bridgehead atoms. The van der Waals surface area contributed by atoms with Gasteiger partial charge >= 0.3 is 0 Å². The van der Waals surface area contributed by atoms with Gasteiger partial charge in [0.15, 0.2) is 0 Å². The lowest BCUT2D eigenvalue weighted by molar-refractivity contribution is -0.309. The van der Waals surface area contributed by atoms with Gasteiger partial charge in [0.2, 0.25) is 15.9 Å². The Balaban J connectivity index is 1.97. The monoisotopic (exact) mass is 367 g/mol. The number of sulfonamides is 1. The Morgan fingerprint density at radius 1 is 1.16 bits per heavy atom. The molecule has 1 heterocycles. The van der Waals surface area contributed by atoms with Crippen molar-refractivity contribution >= 4 is 21.9 Å². The van der Waals surface area contributed by atoms with Gasteiger partial charge in [-0.2, -0.15) is 4.31 Å². The third-order valence-corrected chi connectivity index (χ3v) is 6.34. The first-order chi connectivity index (χ1) is 11.7. The van der Waals surface area contributed by atoms with Crippen molar-refractivity contribution < 1.29 is 23.1 Å². The largest absolute Gasteiger partial charge is 0.548 e. The topological polar surface area (TPSA) is 107 Å². The van der Waals surface area contributed by atoms with Gasteiger partial charge in [0.05, 0.1) is 16.9 Å². The number of benzene rings is 1. The molecule has 0 spiro atoms. The van der Waals surface area contributed by atoms with E-state index in [9.17, 15) is 23.1 Å². The van der Waals surface area contributed by atoms with Crippen LogP contribution in [0, 0.1) is 11.8 Å². The highest BCUT2D eigenvalue weighted by Crippen LogP contribution is 2.24. The average molecular weight is 367 g/mol. The van der Waals surface area contributed by atoms with Crippen molar-refractivity contribution in [3.8, 4) is 0 Å². The maximum atomic E-state index is 12.6. The molecule has 0 aliphatic carbocycles. The maximum Gasteiger partial charge on any atom is 0.243 e. The van der Waals surface area contributed by atoms with Gasteiger partial charge in [-0.25, -0.2) is 8.42 Å². The van der Waals surface area contributed by atoms with Crippen LogP contribution in [0.1, 0.15) is 26.7 Å². The first-order valence-electron chi connectivity index (χ1n) is 8.30. The number of hydrogen-bond acceptors (Lipinski definition) is 5. The minimum Gasteiger partial charge on any atom is -0.548 e. The number of aliphatic carboxylic acids is 1. The summed E-state index contributed by atoms with van der Waals surface area (Å²) in [5.74, 6) is -2.36. The van der Waals surface area contributed by atoms with Gasteiger partial charge in [-0.15, -0.1) is 0 Å². The first-order valence-corrected chi connectivity index (χ1v) is 9.74. The second-order valence-electron chi connectivity index (χ2n) is 6.54. The van der Waals surface area contributed by atoms with Gasteiger partial charge in [-0.1, -0.05) is 32.0 Å². The highest BCUT2D eigenvalue weighted by atomic mass is 32.2. The minimum absolute atomic E-state index is 0.229. The Labute approximate surface area is 148 Å². The summed E-state index contributed by atoms with van der Waals surface area (Å²) >= 11 is 0. The van der Waals surface area contributed by atoms with Crippen molar-refractivity contribution in [3.05, 3.63) is 30.3 Å². The molecule has 2 rings (SSSR count). The minimum atomic E-state index is -3.56. The zero-order chi connectivity index (χ0) is 18.6. The molecule has 1 amide bonds. The highest BCUT2D eigenvalue weighted by Gasteiger charge is 2.33. The van der Waals surface area contributed by atoms with Crippen LogP contribution in [-0.2, 0) is 19.6 Å². The van der Waals surface area contributed by atoms with E-state index in [1.54, 1.807) is 44.2 Å². The molecule has 1 aliphatic rings. The summed E-state index contributed by atoms with van der Waals surface area (Å²) in [5, 5.41) is 13.6. The molecule has 0 aromatic heterocycles. The zero-order valence-corrected chi connectivity index (χ0v) is 15.2. The third-order valence-electron chi connectivity index (χ3n) is 4.42. The van der Waals surface area contributed by atoms with E-state index in [0.29, 0.717) is 12.8 Å². The Morgan fingerprint density at radius 2 is 1.72 bits per heavy atom. The van der Waals surface area contributed by atoms with Crippen LogP contribution in [0.2, 0.25) is 0 Å². The first kappa shape index (κ1) is 19.4. The van der Waals surface area contributed by atoms with Gasteiger partial charge in [0, 0.05) is 19.0 Å². The van der Waals surface area contributed by atoms with Gasteiger partial charge in [-0.05, 0) is 30.9 Å². The number of carbonyl (C=O) groups is 2. The van der Waals surface area contributed by atoms with Crippen molar-refractivity contribution in [2.75, 3.05) is 13.1 Å². The molecular formula is C17H23N2O5S-. The molecule has 25 heavy (non-hydrogen) atoms. The SMILES string of the molecule is CC(C)[C@H](NC(=O)C1CCN(S(=O)(=O)c2ccccc2)CC1)C(=O)[O-]. The number of rotatable bonds is 6. The highest BCUT2D eigenvalue weighted by molar-refractivity contribution is 7.89. The number of nitrogens with one attached hydrogen (secondary N) is 1. The number of hydrogen-bond donors (Lipinski definition) is 1. The quantitative estimate of drug-likeness (QED) is 0.760. The summed E-state index contributed by atoms with van der Waals surface area (Å²) in [6, 6.07) is 7.12. The molecule has 1 N–H and O–H groups in total. The lowest BCUT2D eigenvalue weighted by atomic mass is 9.95. The van der Waals surface area contributed by atoms with Crippen LogP contribution in [0.15, 0.2) is 35.2 Å². The second kappa shape index (κ2) is 7.97. The predicted octanol–water partition coefficient (Wildman–Crippen LogP) is -0.0220. The summed E-state index contributed by atoms with van der Waals surface area (Å²) in [5.41, 5.74) is 0. The van der Waals surface area contributed by atoms with Gasteiger partial charge < -0.3 is 15.2 Å². The normalized spacial score (nSPS) is 18.0. The van der Waals surface area contributed by atoms with E-state index in [4.69, 9.17) is 0 Å². The molecule has 0 unspecified atom stereocenters. The molecule has 7 nitrogen and oxygen atoms in total. The standard InChI is InChI=1S/C17H24N2O5S/c1-12(2)15(17(21)22)18-16(20)13-8-10-19(11-9-13)25(23,24)14-6-4-3-5-7-14/h3-7,12-13,15H,8-11H2,1-2H3,(H,18,20)(H,21,22)/p-1/t15-/m0/s1. The molecule has 0 saturated carbocycles. The van der Waals surface area contributed by atoms with E-state index in [1.165, 1.54) is 4.31 Å². The Kier molecular flexibility index (Phi) is 6.18. The van der Waals surface area contributed by atoms with E-state index in [2.05, 4.69) is 5.32 Å². The zero-order valence-electron chi connectivity index (χ0n) is 14.3.